The van der Waals surface area contributed by atoms with E-state index in [1.807, 2.05) is 6.07 Å². The van der Waals surface area contributed by atoms with E-state index in [1.54, 1.807) is 0 Å². The number of benzene rings is 2. The van der Waals surface area contributed by atoms with E-state index in [0.717, 1.165) is 20.0 Å². The molecule has 1 N–H and O–H groups in total. The van der Waals surface area contributed by atoms with Crippen molar-refractivity contribution >= 4 is 47.8 Å². The third-order valence-corrected chi connectivity index (χ3v) is 4.60. The van der Waals surface area contributed by atoms with Crippen LogP contribution in [0.3, 0.4) is 0 Å². The molecule has 1 atom stereocenters. The Morgan fingerprint density at radius 2 is 1.74 bits per heavy atom. The smallest absolute Gasteiger partial charge is 0.0306 e. The molecule has 0 saturated heterocycles. The summed E-state index contributed by atoms with van der Waals surface area (Å²) in [5.41, 5.74) is 2.53. The van der Waals surface area contributed by atoms with E-state index < -0.39 is 0 Å². The quantitative estimate of drug-likeness (QED) is 0.622. The minimum atomic E-state index is 0.293. The predicted molar refractivity (Wildman–Crippen MR) is 91.2 cm³/mol. The fraction of sp³-hybridized carbons (Fsp3) is 0.200. The lowest BCUT2D eigenvalue weighted by Crippen LogP contribution is -2.18. The number of rotatable bonds is 4. The first-order valence-corrected chi connectivity index (χ1v) is 8.37. The molecule has 0 radical (unpaired) electrons. The zero-order chi connectivity index (χ0) is 13.8. The highest BCUT2D eigenvalue weighted by molar-refractivity contribution is 9.11. The first kappa shape index (κ1) is 15.2. The molecule has 4 heteroatoms. The first-order valence-electron chi connectivity index (χ1n) is 5.99. The molecule has 19 heavy (non-hydrogen) atoms. The molecule has 0 bridgehead atoms. The molecule has 0 aliphatic heterocycles. The van der Waals surface area contributed by atoms with E-state index in [2.05, 4.69) is 96.4 Å². The van der Waals surface area contributed by atoms with Crippen molar-refractivity contribution in [2.24, 2.45) is 0 Å². The Hall–Kier alpha value is -0.160. The summed E-state index contributed by atoms with van der Waals surface area (Å²) < 4.78 is 3.32. The average Bonchev–Trinajstić information content (AvgIpc) is 2.36. The van der Waals surface area contributed by atoms with Crippen LogP contribution in [0.2, 0.25) is 0 Å². The van der Waals surface area contributed by atoms with Gasteiger partial charge in [0.05, 0.1) is 0 Å². The van der Waals surface area contributed by atoms with Crippen molar-refractivity contribution in [1.82, 2.24) is 5.32 Å². The van der Waals surface area contributed by atoms with Gasteiger partial charge >= 0.3 is 0 Å². The minimum absolute atomic E-state index is 0.293. The second-order valence-electron chi connectivity index (χ2n) is 4.40. The van der Waals surface area contributed by atoms with Gasteiger partial charge in [0.1, 0.15) is 0 Å². The molecule has 0 saturated carbocycles. The number of hydrogen-bond acceptors (Lipinski definition) is 1. The van der Waals surface area contributed by atoms with Crippen LogP contribution in [0.4, 0.5) is 0 Å². The lowest BCUT2D eigenvalue weighted by atomic mass is 10.1. The van der Waals surface area contributed by atoms with Gasteiger partial charge in [-0.15, -0.1) is 0 Å². The molecule has 0 amide bonds. The van der Waals surface area contributed by atoms with Crippen LogP contribution in [0.25, 0.3) is 0 Å². The number of halogens is 3. The zero-order valence-corrected chi connectivity index (χ0v) is 15.2. The third kappa shape index (κ3) is 4.42. The van der Waals surface area contributed by atoms with E-state index >= 15 is 0 Å². The van der Waals surface area contributed by atoms with Crippen LogP contribution >= 0.6 is 47.8 Å². The molecule has 0 aliphatic carbocycles. The normalized spacial score (nSPS) is 12.4. The minimum Gasteiger partial charge on any atom is -0.306 e. The molecule has 2 aromatic rings. The second-order valence-corrected chi connectivity index (χ2v) is 7.08. The van der Waals surface area contributed by atoms with E-state index in [9.17, 15) is 0 Å². The van der Waals surface area contributed by atoms with Gasteiger partial charge in [-0.2, -0.15) is 0 Å². The van der Waals surface area contributed by atoms with Crippen LogP contribution in [0, 0.1) is 0 Å². The van der Waals surface area contributed by atoms with Crippen LogP contribution < -0.4 is 5.32 Å². The molecule has 0 fully saturated rings. The van der Waals surface area contributed by atoms with Crippen LogP contribution in [0.1, 0.15) is 24.1 Å². The summed E-state index contributed by atoms with van der Waals surface area (Å²) in [5.74, 6) is 0. The highest BCUT2D eigenvalue weighted by Gasteiger charge is 2.09. The van der Waals surface area contributed by atoms with E-state index in [-0.39, 0.29) is 0 Å². The summed E-state index contributed by atoms with van der Waals surface area (Å²) >= 11 is 10.6. The van der Waals surface area contributed by atoms with Crippen molar-refractivity contribution in [1.29, 1.82) is 0 Å². The van der Waals surface area contributed by atoms with Gasteiger partial charge in [0.15, 0.2) is 0 Å². The standard InChI is InChI=1S/C15H14Br3N/c1-10(14-6-5-13(17)8-15(14)18)19-9-11-3-2-4-12(16)7-11/h2-8,10,19H,9H2,1H3. The maximum Gasteiger partial charge on any atom is 0.0306 e. The molecule has 2 aromatic carbocycles. The van der Waals surface area contributed by atoms with Gasteiger partial charge in [0.2, 0.25) is 0 Å². The van der Waals surface area contributed by atoms with Gasteiger partial charge in [-0.05, 0) is 42.3 Å². The summed E-state index contributed by atoms with van der Waals surface area (Å²) in [6.45, 7) is 3.02. The van der Waals surface area contributed by atoms with Crippen molar-refractivity contribution in [3.8, 4) is 0 Å². The Labute approximate surface area is 139 Å². The molecule has 0 heterocycles. The van der Waals surface area contributed by atoms with Crippen molar-refractivity contribution in [2.75, 3.05) is 0 Å². The highest BCUT2D eigenvalue weighted by Crippen LogP contribution is 2.27. The second kappa shape index (κ2) is 7.02. The van der Waals surface area contributed by atoms with Crippen molar-refractivity contribution in [3.05, 3.63) is 67.0 Å². The summed E-state index contributed by atoms with van der Waals surface area (Å²) in [6.07, 6.45) is 0. The van der Waals surface area contributed by atoms with Gasteiger partial charge in [0.25, 0.3) is 0 Å². The van der Waals surface area contributed by atoms with Gasteiger partial charge in [0, 0.05) is 26.0 Å². The van der Waals surface area contributed by atoms with E-state index in [0.29, 0.717) is 6.04 Å². The Balaban J connectivity index is 2.03. The maximum absolute atomic E-state index is 3.61. The topological polar surface area (TPSA) is 12.0 Å². The molecule has 0 aliphatic rings. The highest BCUT2D eigenvalue weighted by atomic mass is 79.9. The van der Waals surface area contributed by atoms with Crippen molar-refractivity contribution in [3.63, 3.8) is 0 Å². The first-order chi connectivity index (χ1) is 9.06. The van der Waals surface area contributed by atoms with Crippen LogP contribution in [-0.2, 0) is 6.54 Å². The molecule has 1 nitrogen and oxygen atoms in total. The molecular weight excluding hydrogens is 434 g/mol. The van der Waals surface area contributed by atoms with Crippen LogP contribution in [-0.4, -0.2) is 0 Å². The molecular formula is C15H14Br3N. The monoisotopic (exact) mass is 445 g/mol. The Morgan fingerprint density at radius 1 is 1.00 bits per heavy atom. The van der Waals surface area contributed by atoms with Gasteiger partial charge < -0.3 is 5.32 Å². The van der Waals surface area contributed by atoms with Crippen LogP contribution in [0.5, 0.6) is 0 Å². The predicted octanol–water partition coefficient (Wildman–Crippen LogP) is 5.82. The van der Waals surface area contributed by atoms with E-state index in [1.165, 1.54) is 11.1 Å². The third-order valence-electron chi connectivity index (χ3n) is 2.93. The van der Waals surface area contributed by atoms with Crippen LogP contribution in [0.15, 0.2) is 55.9 Å². The summed E-state index contributed by atoms with van der Waals surface area (Å²) in [6, 6.07) is 14.9. The number of nitrogens with one attached hydrogen (secondary N) is 1. The Bertz CT molecular complexity index is 569. The van der Waals surface area contributed by atoms with Crippen molar-refractivity contribution in [2.45, 2.75) is 19.5 Å². The maximum atomic E-state index is 3.61. The van der Waals surface area contributed by atoms with Gasteiger partial charge in [-0.3, -0.25) is 0 Å². The fourth-order valence-corrected chi connectivity index (χ4v) is 3.72. The largest absolute Gasteiger partial charge is 0.306 e. The Morgan fingerprint density at radius 3 is 2.42 bits per heavy atom. The molecule has 2 rings (SSSR count). The lowest BCUT2D eigenvalue weighted by molar-refractivity contribution is 0.572. The van der Waals surface area contributed by atoms with Crippen molar-refractivity contribution < 1.29 is 0 Å². The fourth-order valence-electron chi connectivity index (χ4n) is 1.88. The summed E-state index contributed by atoms with van der Waals surface area (Å²) in [4.78, 5) is 0. The van der Waals surface area contributed by atoms with E-state index in [4.69, 9.17) is 0 Å². The van der Waals surface area contributed by atoms with Gasteiger partial charge in [-0.1, -0.05) is 66.0 Å². The molecule has 0 aromatic heterocycles. The summed E-state index contributed by atoms with van der Waals surface area (Å²) in [7, 11) is 0. The Kier molecular flexibility index (Phi) is 5.63. The summed E-state index contributed by atoms with van der Waals surface area (Å²) in [5, 5.41) is 3.54. The lowest BCUT2D eigenvalue weighted by Gasteiger charge is -2.16. The SMILES string of the molecule is CC(NCc1cccc(Br)c1)c1ccc(Br)cc1Br. The zero-order valence-electron chi connectivity index (χ0n) is 10.5. The average molecular weight is 448 g/mol. The molecule has 100 valence electrons. The molecule has 1 unspecified atom stereocenters. The number of hydrogen-bond donors (Lipinski definition) is 1. The molecule has 0 spiro atoms. The van der Waals surface area contributed by atoms with Gasteiger partial charge in [-0.25, -0.2) is 0 Å².